The standard InChI is InChI=1S/C20H20ClFN6O2/c1-13-25-26-27-28(13)18(12-14-3-2-4-17(22)11-14)20(30)24-10-9-23-19(29)15-5-7-16(21)8-6-15/h2-8,11,18H,9-10,12H2,1H3,(H,23,29)(H,24,30). The lowest BCUT2D eigenvalue weighted by Crippen LogP contribution is -2.39. The topological polar surface area (TPSA) is 102 Å². The van der Waals surface area contributed by atoms with Crippen molar-refractivity contribution in [3.05, 3.63) is 76.3 Å². The first-order valence-corrected chi connectivity index (χ1v) is 9.62. The molecule has 1 aromatic heterocycles. The molecule has 0 aliphatic heterocycles. The van der Waals surface area contributed by atoms with E-state index in [1.54, 1.807) is 43.3 Å². The minimum absolute atomic E-state index is 0.207. The minimum Gasteiger partial charge on any atom is -0.352 e. The van der Waals surface area contributed by atoms with E-state index < -0.39 is 6.04 Å². The Morgan fingerprint density at radius 1 is 1.13 bits per heavy atom. The number of aryl methyl sites for hydroxylation is 1. The Labute approximate surface area is 177 Å². The van der Waals surface area contributed by atoms with E-state index in [4.69, 9.17) is 11.6 Å². The van der Waals surface area contributed by atoms with Gasteiger partial charge in [-0.3, -0.25) is 9.59 Å². The molecule has 30 heavy (non-hydrogen) atoms. The van der Waals surface area contributed by atoms with Gasteiger partial charge in [0.05, 0.1) is 0 Å². The van der Waals surface area contributed by atoms with Gasteiger partial charge >= 0.3 is 0 Å². The lowest BCUT2D eigenvalue weighted by Gasteiger charge is -2.18. The van der Waals surface area contributed by atoms with Gasteiger partial charge in [-0.1, -0.05) is 23.7 Å². The predicted molar refractivity (Wildman–Crippen MR) is 108 cm³/mol. The summed E-state index contributed by atoms with van der Waals surface area (Å²) in [4.78, 5) is 24.9. The number of hydrogen-bond donors (Lipinski definition) is 2. The third-order valence-electron chi connectivity index (χ3n) is 4.39. The van der Waals surface area contributed by atoms with Crippen LogP contribution in [-0.2, 0) is 11.2 Å². The molecule has 2 N–H and O–H groups in total. The van der Waals surface area contributed by atoms with Gasteiger partial charge in [-0.25, -0.2) is 9.07 Å². The molecule has 0 aliphatic carbocycles. The molecule has 8 nitrogen and oxygen atoms in total. The van der Waals surface area contributed by atoms with Crippen LogP contribution >= 0.6 is 11.6 Å². The van der Waals surface area contributed by atoms with Crippen molar-refractivity contribution >= 4 is 23.4 Å². The van der Waals surface area contributed by atoms with E-state index in [0.717, 1.165) is 0 Å². The first-order chi connectivity index (χ1) is 14.4. The maximum absolute atomic E-state index is 13.5. The third kappa shape index (κ3) is 5.60. The largest absolute Gasteiger partial charge is 0.352 e. The van der Waals surface area contributed by atoms with Crippen molar-refractivity contribution in [1.29, 1.82) is 0 Å². The van der Waals surface area contributed by atoms with Gasteiger partial charge in [0.2, 0.25) is 5.91 Å². The highest BCUT2D eigenvalue weighted by molar-refractivity contribution is 6.30. The molecule has 10 heteroatoms. The van der Waals surface area contributed by atoms with E-state index in [-0.39, 0.29) is 37.1 Å². The first-order valence-electron chi connectivity index (χ1n) is 9.24. The number of nitrogens with one attached hydrogen (secondary N) is 2. The van der Waals surface area contributed by atoms with Crippen LogP contribution in [0.2, 0.25) is 5.02 Å². The molecule has 0 saturated heterocycles. The SMILES string of the molecule is Cc1nnnn1C(Cc1cccc(F)c1)C(=O)NCCNC(=O)c1ccc(Cl)cc1. The number of amides is 2. The number of hydrogen-bond acceptors (Lipinski definition) is 5. The average Bonchev–Trinajstić information content (AvgIpc) is 3.15. The van der Waals surface area contributed by atoms with Gasteiger partial charge in [0.25, 0.3) is 5.91 Å². The van der Waals surface area contributed by atoms with E-state index in [9.17, 15) is 14.0 Å². The number of benzene rings is 2. The number of nitrogens with zero attached hydrogens (tertiary/aromatic N) is 4. The summed E-state index contributed by atoms with van der Waals surface area (Å²) in [5, 5.41) is 17.3. The Morgan fingerprint density at radius 2 is 1.87 bits per heavy atom. The highest BCUT2D eigenvalue weighted by atomic mass is 35.5. The van der Waals surface area contributed by atoms with Gasteiger partial charge in [0, 0.05) is 30.1 Å². The molecule has 0 aliphatic rings. The van der Waals surface area contributed by atoms with E-state index >= 15 is 0 Å². The Hall–Kier alpha value is -3.33. The van der Waals surface area contributed by atoms with Gasteiger partial charge < -0.3 is 10.6 Å². The molecule has 0 bridgehead atoms. The molecule has 0 fully saturated rings. The van der Waals surface area contributed by atoms with Crippen molar-refractivity contribution in [3.8, 4) is 0 Å². The fourth-order valence-electron chi connectivity index (χ4n) is 2.89. The summed E-state index contributed by atoms with van der Waals surface area (Å²) in [5.41, 5.74) is 1.11. The summed E-state index contributed by atoms with van der Waals surface area (Å²) in [5.74, 6) is -0.531. The van der Waals surface area contributed by atoms with Crippen LogP contribution < -0.4 is 10.6 Å². The molecule has 156 valence electrons. The lowest BCUT2D eigenvalue weighted by molar-refractivity contribution is -0.124. The van der Waals surface area contributed by atoms with Crippen LogP contribution in [0.5, 0.6) is 0 Å². The summed E-state index contributed by atoms with van der Waals surface area (Å²) in [6.07, 6.45) is 0.215. The first kappa shape index (κ1) is 21.4. The lowest BCUT2D eigenvalue weighted by atomic mass is 10.1. The van der Waals surface area contributed by atoms with Gasteiger partial charge in [0.1, 0.15) is 17.7 Å². The Kier molecular flexibility index (Phi) is 7.08. The van der Waals surface area contributed by atoms with E-state index in [2.05, 4.69) is 26.2 Å². The summed E-state index contributed by atoms with van der Waals surface area (Å²) < 4.78 is 14.9. The summed E-state index contributed by atoms with van der Waals surface area (Å²) in [6, 6.07) is 11.8. The van der Waals surface area contributed by atoms with Crippen molar-refractivity contribution in [3.63, 3.8) is 0 Å². The van der Waals surface area contributed by atoms with Crippen LogP contribution in [0.4, 0.5) is 4.39 Å². The van der Waals surface area contributed by atoms with Crippen molar-refractivity contribution in [1.82, 2.24) is 30.8 Å². The third-order valence-corrected chi connectivity index (χ3v) is 4.64. The number of tetrazole rings is 1. The average molecular weight is 431 g/mol. The Bertz CT molecular complexity index is 1020. The Morgan fingerprint density at radius 3 is 2.53 bits per heavy atom. The molecular formula is C20H20ClFN6O2. The van der Waals surface area contributed by atoms with Crippen LogP contribution in [0, 0.1) is 12.7 Å². The van der Waals surface area contributed by atoms with Crippen molar-refractivity contribution < 1.29 is 14.0 Å². The van der Waals surface area contributed by atoms with Crippen LogP contribution in [0.15, 0.2) is 48.5 Å². The summed E-state index contributed by atoms with van der Waals surface area (Å²) in [6.45, 7) is 2.12. The molecule has 3 aromatic rings. The monoisotopic (exact) mass is 430 g/mol. The minimum atomic E-state index is -0.756. The molecule has 2 amide bonds. The summed E-state index contributed by atoms with van der Waals surface area (Å²) >= 11 is 5.81. The highest BCUT2D eigenvalue weighted by Gasteiger charge is 2.24. The number of rotatable bonds is 8. The van der Waals surface area contributed by atoms with Gasteiger partial charge in [-0.05, 0) is 59.3 Å². The fourth-order valence-corrected chi connectivity index (χ4v) is 3.01. The zero-order valence-electron chi connectivity index (χ0n) is 16.2. The van der Waals surface area contributed by atoms with Crippen LogP contribution in [-0.4, -0.2) is 45.1 Å². The van der Waals surface area contributed by atoms with Crippen molar-refractivity contribution in [2.75, 3.05) is 13.1 Å². The predicted octanol–water partition coefficient (Wildman–Crippen LogP) is 2.10. The molecule has 1 heterocycles. The molecule has 0 spiro atoms. The van der Waals surface area contributed by atoms with E-state index in [0.29, 0.717) is 22.0 Å². The van der Waals surface area contributed by atoms with Gasteiger partial charge in [-0.15, -0.1) is 5.10 Å². The van der Waals surface area contributed by atoms with Crippen molar-refractivity contribution in [2.45, 2.75) is 19.4 Å². The maximum atomic E-state index is 13.5. The zero-order valence-corrected chi connectivity index (χ0v) is 16.9. The van der Waals surface area contributed by atoms with E-state index in [1.165, 1.54) is 16.8 Å². The summed E-state index contributed by atoms with van der Waals surface area (Å²) in [7, 11) is 0. The molecule has 1 unspecified atom stereocenters. The molecular weight excluding hydrogens is 411 g/mol. The number of carbonyl (C=O) groups is 2. The fraction of sp³-hybridized carbons (Fsp3) is 0.250. The number of halogens is 2. The smallest absolute Gasteiger partial charge is 0.251 e. The van der Waals surface area contributed by atoms with Crippen LogP contribution in [0.1, 0.15) is 27.8 Å². The van der Waals surface area contributed by atoms with Gasteiger partial charge in [-0.2, -0.15) is 0 Å². The molecule has 2 aromatic carbocycles. The van der Waals surface area contributed by atoms with Gasteiger partial charge in [0.15, 0.2) is 0 Å². The van der Waals surface area contributed by atoms with Crippen LogP contribution in [0.3, 0.4) is 0 Å². The highest BCUT2D eigenvalue weighted by Crippen LogP contribution is 2.16. The quantitative estimate of drug-likeness (QED) is 0.533. The number of aromatic nitrogens is 4. The number of carbonyl (C=O) groups excluding carboxylic acids is 2. The molecule has 1 atom stereocenters. The molecule has 0 radical (unpaired) electrons. The maximum Gasteiger partial charge on any atom is 0.251 e. The normalized spacial score (nSPS) is 11.7. The van der Waals surface area contributed by atoms with E-state index in [1.807, 2.05) is 0 Å². The molecule has 3 rings (SSSR count). The second-order valence-corrected chi connectivity index (χ2v) is 7.01. The van der Waals surface area contributed by atoms with Crippen LogP contribution in [0.25, 0.3) is 0 Å². The molecule has 0 saturated carbocycles. The second kappa shape index (κ2) is 9.93. The van der Waals surface area contributed by atoms with Crippen molar-refractivity contribution in [2.24, 2.45) is 0 Å². The Balaban J connectivity index is 1.59. The zero-order chi connectivity index (χ0) is 21.5. The second-order valence-electron chi connectivity index (χ2n) is 6.57.